The zero-order valence-electron chi connectivity index (χ0n) is 23.2. The fraction of sp³-hybridized carbons (Fsp3) is 0.355. The fourth-order valence-corrected chi connectivity index (χ4v) is 6.19. The second kappa shape index (κ2) is 13.6. The third-order valence-electron chi connectivity index (χ3n) is 7.35. The number of aryl methyl sites for hydroxylation is 1. The van der Waals surface area contributed by atoms with Crippen LogP contribution < -0.4 is 9.62 Å². The van der Waals surface area contributed by atoms with Crippen molar-refractivity contribution in [2.75, 3.05) is 17.1 Å². The molecule has 1 fully saturated rings. The molecule has 3 aromatic carbocycles. The highest BCUT2D eigenvalue weighted by Gasteiger charge is 2.34. The summed E-state index contributed by atoms with van der Waals surface area (Å²) in [4.78, 5) is 29.4. The number of amides is 2. The maximum Gasteiger partial charge on any atom is 0.244 e. The summed E-state index contributed by atoms with van der Waals surface area (Å²) in [6.45, 7) is 1.34. The zero-order valence-corrected chi connectivity index (χ0v) is 25.6. The van der Waals surface area contributed by atoms with Crippen LogP contribution in [0.15, 0.2) is 77.3 Å². The minimum Gasteiger partial charge on any atom is -0.352 e. The number of nitrogens with one attached hydrogen (secondary N) is 1. The number of hydrogen-bond acceptors (Lipinski definition) is 4. The van der Waals surface area contributed by atoms with Crippen molar-refractivity contribution in [1.82, 2.24) is 10.2 Å². The van der Waals surface area contributed by atoms with Crippen molar-refractivity contribution in [3.63, 3.8) is 0 Å². The van der Waals surface area contributed by atoms with Crippen LogP contribution in [0.25, 0.3) is 0 Å². The van der Waals surface area contributed by atoms with Gasteiger partial charge in [-0.2, -0.15) is 0 Å². The Balaban J connectivity index is 1.72. The van der Waals surface area contributed by atoms with Crippen molar-refractivity contribution in [3.05, 3.63) is 99.8 Å². The van der Waals surface area contributed by atoms with Gasteiger partial charge in [0.25, 0.3) is 0 Å². The molecule has 1 N–H and O–H groups in total. The van der Waals surface area contributed by atoms with Crippen molar-refractivity contribution in [2.45, 2.75) is 57.7 Å². The minimum absolute atomic E-state index is 0.00562. The Morgan fingerprint density at radius 3 is 2.27 bits per heavy atom. The highest BCUT2D eigenvalue weighted by atomic mass is 79.9. The molecule has 218 valence electrons. The number of anilines is 1. The second-order valence-electron chi connectivity index (χ2n) is 10.5. The van der Waals surface area contributed by atoms with E-state index in [4.69, 9.17) is 0 Å². The van der Waals surface area contributed by atoms with Crippen molar-refractivity contribution >= 4 is 43.5 Å². The molecule has 0 aliphatic heterocycles. The first-order valence-electron chi connectivity index (χ1n) is 13.6. The summed E-state index contributed by atoms with van der Waals surface area (Å²) in [5, 5.41) is 3.13. The van der Waals surface area contributed by atoms with Crippen molar-refractivity contribution < 1.29 is 22.4 Å². The van der Waals surface area contributed by atoms with E-state index in [-0.39, 0.29) is 24.9 Å². The van der Waals surface area contributed by atoms with Gasteiger partial charge in [0.05, 0.1) is 11.9 Å². The van der Waals surface area contributed by atoms with Gasteiger partial charge < -0.3 is 10.2 Å². The molecule has 4 rings (SSSR count). The fourth-order valence-electron chi connectivity index (χ4n) is 5.11. The number of halogens is 2. The molecule has 2 amide bonds. The Bertz CT molecular complexity index is 1460. The lowest BCUT2D eigenvalue weighted by atomic mass is 10.0. The number of carbonyl (C=O) groups is 2. The van der Waals surface area contributed by atoms with Gasteiger partial charge in [0.2, 0.25) is 21.8 Å². The van der Waals surface area contributed by atoms with Crippen molar-refractivity contribution in [1.29, 1.82) is 0 Å². The third kappa shape index (κ3) is 8.39. The molecule has 3 aromatic rings. The van der Waals surface area contributed by atoms with E-state index in [1.165, 1.54) is 17.0 Å². The number of hydrogen-bond donors (Lipinski definition) is 1. The second-order valence-corrected chi connectivity index (χ2v) is 13.3. The molecule has 0 aromatic heterocycles. The van der Waals surface area contributed by atoms with Gasteiger partial charge in [0.1, 0.15) is 18.4 Å². The van der Waals surface area contributed by atoms with Gasteiger partial charge >= 0.3 is 0 Å². The van der Waals surface area contributed by atoms with Gasteiger partial charge in [-0.25, -0.2) is 12.8 Å². The molecule has 0 radical (unpaired) electrons. The summed E-state index contributed by atoms with van der Waals surface area (Å²) < 4.78 is 41.4. The molecule has 0 bridgehead atoms. The lowest BCUT2D eigenvalue weighted by Crippen LogP contribution is -2.54. The lowest BCUT2D eigenvalue weighted by molar-refractivity contribution is -0.140. The van der Waals surface area contributed by atoms with Gasteiger partial charge in [0.15, 0.2) is 0 Å². The van der Waals surface area contributed by atoms with Crippen molar-refractivity contribution in [2.24, 2.45) is 0 Å². The topological polar surface area (TPSA) is 86.8 Å². The highest BCUT2D eigenvalue weighted by Crippen LogP contribution is 2.26. The smallest absolute Gasteiger partial charge is 0.244 e. The number of rotatable bonds is 11. The quantitative estimate of drug-likeness (QED) is 0.305. The Kier molecular flexibility index (Phi) is 10.2. The van der Waals surface area contributed by atoms with Crippen LogP contribution in [0.1, 0.15) is 42.4 Å². The van der Waals surface area contributed by atoms with E-state index in [0.29, 0.717) is 11.3 Å². The van der Waals surface area contributed by atoms with Crippen molar-refractivity contribution in [3.8, 4) is 0 Å². The monoisotopic (exact) mass is 643 g/mol. The summed E-state index contributed by atoms with van der Waals surface area (Å²) >= 11 is 3.43. The number of benzene rings is 3. The highest BCUT2D eigenvalue weighted by molar-refractivity contribution is 9.10. The first-order valence-corrected chi connectivity index (χ1v) is 16.3. The molecule has 0 saturated heterocycles. The van der Waals surface area contributed by atoms with Crippen LogP contribution in [0.4, 0.5) is 10.1 Å². The zero-order chi connectivity index (χ0) is 29.6. The Morgan fingerprint density at radius 1 is 1.00 bits per heavy atom. The molecule has 0 spiro atoms. The van der Waals surface area contributed by atoms with Crippen LogP contribution in [0.5, 0.6) is 0 Å². The summed E-state index contributed by atoms with van der Waals surface area (Å²) in [5.74, 6) is -1.25. The summed E-state index contributed by atoms with van der Waals surface area (Å²) in [7, 11) is -3.86. The van der Waals surface area contributed by atoms with E-state index < -0.39 is 34.3 Å². The first kappa shape index (κ1) is 30.7. The SMILES string of the molecule is Cc1cc(N(CC(=O)N(Cc2ccc(F)cc2)C(Cc2ccccc2)C(=O)NC2CCCC2)S(C)(=O)=O)ccc1Br. The largest absolute Gasteiger partial charge is 0.352 e. The van der Waals surface area contributed by atoms with Crippen LogP contribution in [0.2, 0.25) is 0 Å². The average molecular weight is 645 g/mol. The number of sulfonamides is 1. The van der Waals surface area contributed by atoms with E-state index in [0.717, 1.165) is 51.8 Å². The summed E-state index contributed by atoms with van der Waals surface area (Å²) in [5.41, 5.74) is 2.64. The lowest BCUT2D eigenvalue weighted by Gasteiger charge is -2.34. The molecule has 0 heterocycles. The Morgan fingerprint density at radius 2 is 1.66 bits per heavy atom. The molecule has 1 atom stereocenters. The van der Waals surface area contributed by atoms with Gasteiger partial charge in [0, 0.05) is 23.5 Å². The normalized spacial score (nSPS) is 14.4. The molecule has 1 aliphatic carbocycles. The van der Waals surface area contributed by atoms with Crippen LogP contribution >= 0.6 is 15.9 Å². The van der Waals surface area contributed by atoms with Gasteiger partial charge in [-0.15, -0.1) is 0 Å². The van der Waals surface area contributed by atoms with Gasteiger partial charge in [-0.05, 0) is 66.8 Å². The predicted molar refractivity (Wildman–Crippen MR) is 162 cm³/mol. The van der Waals surface area contributed by atoms with Gasteiger partial charge in [-0.1, -0.05) is 71.2 Å². The standard InChI is InChI=1S/C31H35BrFN3O4S/c1-22-18-27(16-17-28(22)32)36(41(2,39)40)21-30(37)35(20-24-12-14-25(33)15-13-24)29(19-23-8-4-3-5-9-23)31(38)34-26-10-6-7-11-26/h3-5,8-9,12-18,26,29H,6-7,10-11,19-21H2,1-2H3,(H,34,38). The molecule has 1 saturated carbocycles. The molecule has 7 nitrogen and oxygen atoms in total. The Labute approximate surface area is 249 Å². The van der Waals surface area contributed by atoms with E-state index in [1.807, 2.05) is 37.3 Å². The molecular formula is C31H35BrFN3O4S. The first-order chi connectivity index (χ1) is 19.5. The summed E-state index contributed by atoms with van der Waals surface area (Å²) in [6.07, 6.45) is 5.10. The molecule has 1 unspecified atom stereocenters. The third-order valence-corrected chi connectivity index (χ3v) is 9.38. The number of nitrogens with zero attached hydrogens (tertiary/aromatic N) is 2. The molecule has 10 heteroatoms. The van der Waals surface area contributed by atoms with Crippen LogP contribution in [-0.2, 0) is 32.6 Å². The average Bonchev–Trinajstić information content (AvgIpc) is 3.45. The van der Waals surface area contributed by atoms with Gasteiger partial charge in [-0.3, -0.25) is 13.9 Å². The van der Waals surface area contributed by atoms with Crippen LogP contribution in [0.3, 0.4) is 0 Å². The summed E-state index contributed by atoms with van der Waals surface area (Å²) in [6, 6.07) is 19.3. The van der Waals surface area contributed by atoms with Crippen LogP contribution in [0, 0.1) is 12.7 Å². The van der Waals surface area contributed by atoms with E-state index >= 15 is 0 Å². The minimum atomic E-state index is -3.86. The van der Waals surface area contributed by atoms with Crippen LogP contribution in [-0.4, -0.2) is 50.0 Å². The molecular weight excluding hydrogens is 609 g/mol. The maximum atomic E-state index is 14.1. The predicted octanol–water partition coefficient (Wildman–Crippen LogP) is 5.36. The van der Waals surface area contributed by atoms with E-state index in [2.05, 4.69) is 21.2 Å². The van der Waals surface area contributed by atoms with E-state index in [9.17, 15) is 22.4 Å². The Hall–Kier alpha value is -3.24. The molecule has 41 heavy (non-hydrogen) atoms. The number of carbonyl (C=O) groups excluding carboxylic acids is 2. The maximum absolute atomic E-state index is 14.1. The van der Waals surface area contributed by atoms with E-state index in [1.54, 1.807) is 30.3 Å². The molecule has 1 aliphatic rings.